The lowest BCUT2D eigenvalue weighted by Gasteiger charge is -2.31. The summed E-state index contributed by atoms with van der Waals surface area (Å²) in [6, 6.07) is 3.43. The largest absolute Gasteiger partial charge is 0.384 e. The van der Waals surface area contributed by atoms with Gasteiger partial charge < -0.3 is 31.2 Å². The van der Waals surface area contributed by atoms with Gasteiger partial charge in [-0.2, -0.15) is 4.98 Å². The highest BCUT2D eigenvalue weighted by Gasteiger charge is 2.19. The van der Waals surface area contributed by atoms with Gasteiger partial charge in [0.25, 0.3) is 0 Å². The van der Waals surface area contributed by atoms with Crippen molar-refractivity contribution in [3.63, 3.8) is 0 Å². The summed E-state index contributed by atoms with van der Waals surface area (Å²) in [5.41, 5.74) is 12.7. The number of aromatic nitrogens is 4. The van der Waals surface area contributed by atoms with Crippen molar-refractivity contribution >= 4 is 29.2 Å². The highest BCUT2D eigenvalue weighted by atomic mass is 35.5. The molecule has 4 rings (SSSR count). The van der Waals surface area contributed by atoms with Gasteiger partial charge in [0.05, 0.1) is 25.4 Å². The number of morpholine rings is 2. The molecule has 2 aromatic rings. The van der Waals surface area contributed by atoms with Crippen LogP contribution in [0.25, 0.3) is 0 Å². The average molecular weight is 469 g/mol. The number of nitrogens with one attached hydrogen (secondary N) is 1. The topological polar surface area (TPSA) is 137 Å². The predicted octanol–water partition coefficient (Wildman–Crippen LogP) is 2.24. The van der Waals surface area contributed by atoms with Crippen LogP contribution >= 0.6 is 11.6 Å². The van der Waals surface area contributed by atoms with Crippen molar-refractivity contribution in [1.29, 1.82) is 0 Å². The molecule has 11 heteroatoms. The van der Waals surface area contributed by atoms with Crippen molar-refractivity contribution in [3.8, 4) is 0 Å². The van der Waals surface area contributed by atoms with Gasteiger partial charge in [-0.1, -0.05) is 7.43 Å². The van der Waals surface area contributed by atoms with E-state index in [1.165, 1.54) is 0 Å². The maximum atomic E-state index is 5.69. The van der Waals surface area contributed by atoms with E-state index in [0.29, 0.717) is 23.7 Å². The van der Waals surface area contributed by atoms with Gasteiger partial charge in [-0.25, -0.2) is 15.0 Å². The summed E-state index contributed by atoms with van der Waals surface area (Å²) in [6.45, 7) is 13.1. The second-order valence-electron chi connectivity index (χ2n) is 7.45. The molecule has 2 saturated heterocycles. The molecule has 2 aliphatic rings. The number of halogens is 1. The van der Waals surface area contributed by atoms with Gasteiger partial charge in [-0.05, 0) is 39.3 Å². The Labute approximate surface area is 196 Å². The Balaban J connectivity index is 0.000000258. The maximum absolute atomic E-state index is 5.69. The molecule has 0 aliphatic carbocycles. The van der Waals surface area contributed by atoms with Crippen molar-refractivity contribution in [2.45, 2.75) is 47.3 Å². The highest BCUT2D eigenvalue weighted by Crippen LogP contribution is 2.15. The minimum Gasteiger partial charge on any atom is -0.384 e. The lowest BCUT2D eigenvalue weighted by atomic mass is 10.3. The molecule has 5 N–H and O–H groups in total. The molecule has 32 heavy (non-hydrogen) atoms. The molecule has 0 radical (unpaired) electrons. The molecule has 2 aromatic heterocycles. The third-order valence-corrected chi connectivity index (χ3v) is 4.51. The zero-order chi connectivity index (χ0) is 22.8. The van der Waals surface area contributed by atoms with E-state index in [9.17, 15) is 0 Å². The molecule has 0 aromatic carbocycles. The molecule has 180 valence electrons. The molecule has 2 atom stereocenters. The van der Waals surface area contributed by atoms with Gasteiger partial charge in [0.15, 0.2) is 0 Å². The van der Waals surface area contributed by atoms with Crippen LogP contribution in [0.2, 0.25) is 5.28 Å². The molecule has 0 amide bonds. The van der Waals surface area contributed by atoms with Crippen LogP contribution in [-0.2, 0) is 9.47 Å². The SMILES string of the molecule is C.C[C@@H]1CNCCO1.Cc1cc(N)nc(Cl)n1.Cc1cc(N)nc(N2CCO[C@H](C)C2)n1. The van der Waals surface area contributed by atoms with Gasteiger partial charge >= 0.3 is 0 Å². The Hall–Kier alpha value is -2.27. The van der Waals surface area contributed by atoms with Crippen LogP contribution in [0.3, 0.4) is 0 Å². The van der Waals surface area contributed by atoms with Gasteiger partial charge in [0, 0.05) is 49.7 Å². The fourth-order valence-electron chi connectivity index (χ4n) is 2.97. The fourth-order valence-corrected chi connectivity index (χ4v) is 3.20. The standard InChI is InChI=1S/C10H16N4O.C5H6ClN3.C5H11NO.CH4/c1-7-5-9(11)13-10(12-7)14-3-4-15-8(2)6-14;1-3-2-4(7)9-5(6)8-3;1-5-4-6-2-3-7-5;/h5,8H,3-4,6H2,1-2H3,(H2,11,12,13);2H,1H3,(H2,7,8,9);5-6H,2-4H2,1H3;1H4/t8-;;5-;/m1.1./s1. The minimum atomic E-state index is 0. The number of hydrogen-bond donors (Lipinski definition) is 3. The van der Waals surface area contributed by atoms with Crippen molar-refractivity contribution in [2.24, 2.45) is 0 Å². The number of anilines is 3. The molecule has 0 unspecified atom stereocenters. The smallest absolute Gasteiger partial charge is 0.227 e. The first-order chi connectivity index (χ1) is 14.7. The molecule has 2 fully saturated rings. The summed E-state index contributed by atoms with van der Waals surface area (Å²) >= 11 is 5.45. The molecule has 0 bridgehead atoms. The molecule has 0 saturated carbocycles. The molecule has 4 heterocycles. The monoisotopic (exact) mass is 468 g/mol. The first-order valence-electron chi connectivity index (χ1n) is 10.3. The number of ether oxygens (including phenoxy) is 2. The number of rotatable bonds is 1. The van der Waals surface area contributed by atoms with Crippen LogP contribution < -0.4 is 21.7 Å². The van der Waals surface area contributed by atoms with Crippen LogP contribution in [0.1, 0.15) is 32.7 Å². The quantitative estimate of drug-likeness (QED) is 0.534. The third kappa shape index (κ3) is 10.4. The predicted molar refractivity (Wildman–Crippen MR) is 130 cm³/mol. The summed E-state index contributed by atoms with van der Waals surface area (Å²) < 4.78 is 10.7. The zero-order valence-electron chi connectivity index (χ0n) is 18.6. The summed E-state index contributed by atoms with van der Waals surface area (Å²) in [6.07, 6.45) is 0.651. The summed E-state index contributed by atoms with van der Waals surface area (Å²) in [5, 5.41) is 3.41. The van der Waals surface area contributed by atoms with Crippen molar-refractivity contribution in [3.05, 3.63) is 28.8 Å². The van der Waals surface area contributed by atoms with Crippen LogP contribution in [-0.4, -0.2) is 71.5 Å². The van der Waals surface area contributed by atoms with E-state index in [0.717, 1.165) is 50.8 Å². The van der Waals surface area contributed by atoms with E-state index in [1.807, 2.05) is 20.8 Å². The summed E-state index contributed by atoms with van der Waals surface area (Å²) in [7, 11) is 0. The van der Waals surface area contributed by atoms with Crippen LogP contribution in [0.4, 0.5) is 17.6 Å². The van der Waals surface area contributed by atoms with E-state index in [-0.39, 0.29) is 18.8 Å². The van der Waals surface area contributed by atoms with Gasteiger partial charge in [-0.15, -0.1) is 0 Å². The molecule has 0 spiro atoms. The number of nitrogen functional groups attached to an aromatic ring is 2. The Kier molecular flexibility index (Phi) is 12.1. The number of hydrogen-bond acceptors (Lipinski definition) is 10. The summed E-state index contributed by atoms with van der Waals surface area (Å²) in [4.78, 5) is 18.2. The first kappa shape index (κ1) is 27.8. The van der Waals surface area contributed by atoms with Crippen molar-refractivity contribution in [2.75, 3.05) is 55.8 Å². The van der Waals surface area contributed by atoms with E-state index in [1.54, 1.807) is 12.1 Å². The second-order valence-corrected chi connectivity index (χ2v) is 7.79. The highest BCUT2D eigenvalue weighted by molar-refractivity contribution is 6.28. The van der Waals surface area contributed by atoms with E-state index < -0.39 is 0 Å². The minimum absolute atomic E-state index is 0. The van der Waals surface area contributed by atoms with E-state index in [2.05, 4.69) is 37.1 Å². The Morgan fingerprint density at radius 3 is 2.06 bits per heavy atom. The molecule has 10 nitrogen and oxygen atoms in total. The number of nitrogens with zero attached hydrogens (tertiary/aromatic N) is 5. The van der Waals surface area contributed by atoms with Crippen molar-refractivity contribution < 1.29 is 9.47 Å². The van der Waals surface area contributed by atoms with Gasteiger partial charge in [0.1, 0.15) is 11.6 Å². The van der Waals surface area contributed by atoms with Crippen LogP contribution in [0.5, 0.6) is 0 Å². The molecule has 2 aliphatic heterocycles. The molecular weight excluding hydrogens is 432 g/mol. The fraction of sp³-hybridized carbons (Fsp3) is 0.619. The van der Waals surface area contributed by atoms with E-state index in [4.69, 9.17) is 32.5 Å². The van der Waals surface area contributed by atoms with Crippen LogP contribution in [0, 0.1) is 13.8 Å². The Bertz CT molecular complexity index is 750. The van der Waals surface area contributed by atoms with Gasteiger partial charge in [-0.3, -0.25) is 0 Å². The zero-order valence-corrected chi connectivity index (χ0v) is 19.4. The molecular formula is C21H37ClN8O2. The van der Waals surface area contributed by atoms with Crippen LogP contribution in [0.15, 0.2) is 12.1 Å². The third-order valence-electron chi connectivity index (χ3n) is 4.35. The first-order valence-corrected chi connectivity index (χ1v) is 10.7. The normalized spacial score (nSPS) is 20.1. The Morgan fingerprint density at radius 2 is 1.59 bits per heavy atom. The number of nitrogens with two attached hydrogens (primary N) is 2. The van der Waals surface area contributed by atoms with Crippen molar-refractivity contribution in [1.82, 2.24) is 25.3 Å². The lowest BCUT2D eigenvalue weighted by molar-refractivity contribution is 0.0410. The number of aryl methyl sites for hydroxylation is 2. The maximum Gasteiger partial charge on any atom is 0.227 e. The summed E-state index contributed by atoms with van der Waals surface area (Å²) in [5.74, 6) is 1.65. The second kappa shape index (κ2) is 14.0. The Morgan fingerprint density at radius 1 is 0.969 bits per heavy atom. The average Bonchev–Trinajstić information content (AvgIpc) is 2.68. The lowest BCUT2D eigenvalue weighted by Crippen LogP contribution is -2.42. The van der Waals surface area contributed by atoms with Gasteiger partial charge in [0.2, 0.25) is 11.2 Å². The van der Waals surface area contributed by atoms with E-state index >= 15 is 0 Å².